The molecule has 0 spiro atoms. The van der Waals surface area contributed by atoms with Crippen molar-refractivity contribution in [2.24, 2.45) is 0 Å². The molecule has 2 atom stereocenters. The van der Waals surface area contributed by atoms with Crippen molar-refractivity contribution in [2.45, 2.75) is 31.2 Å². The number of phenols is 1. The molecule has 1 amide bonds. The molecule has 3 nitrogen and oxygen atoms in total. The Morgan fingerprint density at radius 1 is 1.09 bits per heavy atom. The van der Waals surface area contributed by atoms with Crippen LogP contribution in [0.5, 0.6) is 5.75 Å². The van der Waals surface area contributed by atoms with E-state index >= 15 is 0 Å². The molecule has 1 fully saturated rings. The fourth-order valence-electron chi connectivity index (χ4n) is 4.00. The summed E-state index contributed by atoms with van der Waals surface area (Å²) in [6, 6.07) is 15.5. The van der Waals surface area contributed by atoms with E-state index in [1.807, 2.05) is 4.90 Å². The summed E-state index contributed by atoms with van der Waals surface area (Å²) < 4.78 is 0. The lowest BCUT2D eigenvalue weighted by atomic mass is 9.88. The first-order valence-corrected chi connectivity index (χ1v) is 7.92. The second-order valence-electron chi connectivity index (χ2n) is 6.26. The fraction of sp³-hybridized carbons (Fsp3) is 0.316. The van der Waals surface area contributed by atoms with Gasteiger partial charge in [-0.2, -0.15) is 0 Å². The van der Waals surface area contributed by atoms with Gasteiger partial charge in [0, 0.05) is 24.1 Å². The number of phenolic OH excluding ortho intramolecular Hbond substituents is 1. The van der Waals surface area contributed by atoms with Crippen molar-refractivity contribution in [3.63, 3.8) is 0 Å². The van der Waals surface area contributed by atoms with Crippen molar-refractivity contribution in [3.8, 4) is 5.75 Å². The van der Waals surface area contributed by atoms with Crippen LogP contribution in [0.15, 0.2) is 48.5 Å². The number of hydrogen-bond donors (Lipinski definition) is 1. The SMILES string of the molecule is O=C(c1ccc(O)cc1)N1CCC[C@H]2c3ccccc3C[C@H]21. The Kier molecular flexibility index (Phi) is 3.14. The van der Waals surface area contributed by atoms with E-state index < -0.39 is 0 Å². The van der Waals surface area contributed by atoms with Crippen LogP contribution in [0.3, 0.4) is 0 Å². The molecule has 0 saturated carbocycles. The molecular formula is C19H19NO2. The molecule has 1 heterocycles. The minimum absolute atomic E-state index is 0.0857. The maximum absolute atomic E-state index is 12.8. The fourth-order valence-corrected chi connectivity index (χ4v) is 4.00. The number of rotatable bonds is 1. The zero-order valence-electron chi connectivity index (χ0n) is 12.4. The molecule has 1 aliphatic carbocycles. The molecule has 0 radical (unpaired) electrons. The molecule has 22 heavy (non-hydrogen) atoms. The summed E-state index contributed by atoms with van der Waals surface area (Å²) in [5.74, 6) is 0.759. The van der Waals surface area contributed by atoms with Crippen LogP contribution in [0.4, 0.5) is 0 Å². The lowest BCUT2D eigenvalue weighted by molar-refractivity contribution is 0.0595. The number of hydrogen-bond acceptors (Lipinski definition) is 2. The van der Waals surface area contributed by atoms with Gasteiger partial charge in [0.2, 0.25) is 0 Å². The summed E-state index contributed by atoms with van der Waals surface area (Å²) in [4.78, 5) is 14.9. The topological polar surface area (TPSA) is 40.5 Å². The van der Waals surface area contributed by atoms with Crippen molar-refractivity contribution in [3.05, 3.63) is 65.2 Å². The number of amides is 1. The summed E-state index contributed by atoms with van der Waals surface area (Å²) in [6.45, 7) is 0.828. The van der Waals surface area contributed by atoms with Crippen LogP contribution >= 0.6 is 0 Å². The number of carbonyl (C=O) groups is 1. The molecule has 4 rings (SSSR count). The lowest BCUT2D eigenvalue weighted by Crippen LogP contribution is -2.46. The highest BCUT2D eigenvalue weighted by molar-refractivity contribution is 5.94. The Hall–Kier alpha value is -2.29. The first-order chi connectivity index (χ1) is 10.7. The van der Waals surface area contributed by atoms with Crippen LogP contribution in [0.25, 0.3) is 0 Å². The van der Waals surface area contributed by atoms with Crippen molar-refractivity contribution < 1.29 is 9.90 Å². The molecule has 3 heteroatoms. The van der Waals surface area contributed by atoms with E-state index in [1.165, 1.54) is 17.5 Å². The second kappa shape index (κ2) is 5.16. The number of benzene rings is 2. The molecule has 2 aliphatic rings. The van der Waals surface area contributed by atoms with Gasteiger partial charge < -0.3 is 10.0 Å². The molecule has 1 saturated heterocycles. The molecule has 1 N–H and O–H groups in total. The second-order valence-corrected chi connectivity index (χ2v) is 6.26. The number of likely N-dealkylation sites (tertiary alicyclic amines) is 1. The Morgan fingerprint density at radius 2 is 1.86 bits per heavy atom. The van der Waals surface area contributed by atoms with Gasteiger partial charge >= 0.3 is 0 Å². The Morgan fingerprint density at radius 3 is 2.68 bits per heavy atom. The standard InChI is InChI=1S/C19H19NO2/c21-15-9-7-13(8-10-15)19(22)20-11-3-6-17-16-5-2-1-4-14(16)12-18(17)20/h1-2,4-5,7-10,17-18,21H,3,6,11-12H2/t17-,18+/m0/s1. The quantitative estimate of drug-likeness (QED) is 0.876. The van der Waals surface area contributed by atoms with Gasteiger partial charge in [0.15, 0.2) is 0 Å². The van der Waals surface area contributed by atoms with E-state index in [4.69, 9.17) is 0 Å². The molecule has 0 bridgehead atoms. The molecule has 1 aliphatic heterocycles. The van der Waals surface area contributed by atoms with Gasteiger partial charge in [-0.1, -0.05) is 24.3 Å². The zero-order chi connectivity index (χ0) is 15.1. The summed E-state index contributed by atoms with van der Waals surface area (Å²) in [6.07, 6.45) is 3.19. The molecule has 0 aromatic heterocycles. The van der Waals surface area contributed by atoms with Crippen LogP contribution in [0.2, 0.25) is 0 Å². The van der Waals surface area contributed by atoms with Crippen LogP contribution < -0.4 is 0 Å². The average Bonchev–Trinajstić information content (AvgIpc) is 2.93. The van der Waals surface area contributed by atoms with Gasteiger partial charge in [0.05, 0.1) is 0 Å². The van der Waals surface area contributed by atoms with Crippen molar-refractivity contribution >= 4 is 5.91 Å². The minimum Gasteiger partial charge on any atom is -0.508 e. The van der Waals surface area contributed by atoms with Gasteiger partial charge in [-0.05, 0) is 54.7 Å². The molecule has 0 unspecified atom stereocenters. The van der Waals surface area contributed by atoms with E-state index in [9.17, 15) is 9.90 Å². The summed E-state index contributed by atoms with van der Waals surface area (Å²) >= 11 is 0. The smallest absolute Gasteiger partial charge is 0.254 e. The van der Waals surface area contributed by atoms with Gasteiger partial charge in [-0.3, -0.25) is 4.79 Å². The highest BCUT2D eigenvalue weighted by atomic mass is 16.3. The lowest BCUT2D eigenvalue weighted by Gasteiger charge is -2.38. The Balaban J connectivity index is 1.63. The Labute approximate surface area is 130 Å². The van der Waals surface area contributed by atoms with Crippen LogP contribution in [0.1, 0.15) is 40.2 Å². The summed E-state index contributed by atoms with van der Waals surface area (Å²) in [7, 11) is 0. The van der Waals surface area contributed by atoms with E-state index in [-0.39, 0.29) is 17.7 Å². The van der Waals surface area contributed by atoms with E-state index in [0.717, 1.165) is 19.4 Å². The highest BCUT2D eigenvalue weighted by Gasteiger charge is 2.40. The normalized spacial score (nSPS) is 23.0. The van der Waals surface area contributed by atoms with Crippen LogP contribution in [-0.4, -0.2) is 28.5 Å². The first-order valence-electron chi connectivity index (χ1n) is 7.92. The largest absolute Gasteiger partial charge is 0.508 e. The zero-order valence-corrected chi connectivity index (χ0v) is 12.4. The molecule has 112 valence electrons. The highest BCUT2D eigenvalue weighted by Crippen LogP contribution is 2.42. The van der Waals surface area contributed by atoms with Gasteiger partial charge in [-0.25, -0.2) is 0 Å². The number of nitrogens with zero attached hydrogens (tertiary/aromatic N) is 1. The molecular weight excluding hydrogens is 274 g/mol. The number of aromatic hydroxyl groups is 1. The van der Waals surface area contributed by atoms with Gasteiger partial charge in [-0.15, -0.1) is 0 Å². The number of carbonyl (C=O) groups excluding carboxylic acids is 1. The van der Waals surface area contributed by atoms with Crippen molar-refractivity contribution in [1.82, 2.24) is 4.90 Å². The van der Waals surface area contributed by atoms with Crippen molar-refractivity contribution in [2.75, 3.05) is 6.54 Å². The third kappa shape index (κ3) is 2.08. The summed E-state index contributed by atoms with van der Waals surface area (Å²) in [5, 5.41) is 9.39. The third-order valence-corrected chi connectivity index (χ3v) is 5.04. The van der Waals surface area contributed by atoms with Gasteiger partial charge in [0.25, 0.3) is 5.91 Å². The third-order valence-electron chi connectivity index (χ3n) is 5.04. The van der Waals surface area contributed by atoms with Crippen molar-refractivity contribution in [1.29, 1.82) is 0 Å². The molecule has 2 aromatic rings. The van der Waals surface area contributed by atoms with E-state index in [1.54, 1.807) is 24.3 Å². The van der Waals surface area contributed by atoms with Crippen LogP contribution in [-0.2, 0) is 6.42 Å². The van der Waals surface area contributed by atoms with E-state index in [0.29, 0.717) is 11.5 Å². The number of fused-ring (bicyclic) bond motifs is 3. The Bertz CT molecular complexity index is 708. The number of piperidine rings is 1. The summed E-state index contributed by atoms with van der Waals surface area (Å²) in [5.41, 5.74) is 3.48. The minimum atomic E-state index is 0.0857. The maximum atomic E-state index is 12.8. The predicted octanol–water partition coefficient (Wildman–Crippen LogP) is 3.34. The van der Waals surface area contributed by atoms with Crippen LogP contribution in [0, 0.1) is 0 Å². The monoisotopic (exact) mass is 293 g/mol. The molecule has 2 aromatic carbocycles. The maximum Gasteiger partial charge on any atom is 0.254 e. The van der Waals surface area contributed by atoms with Gasteiger partial charge in [0.1, 0.15) is 5.75 Å². The predicted molar refractivity (Wildman–Crippen MR) is 85.1 cm³/mol. The average molecular weight is 293 g/mol. The first kappa shape index (κ1) is 13.4. The van der Waals surface area contributed by atoms with E-state index in [2.05, 4.69) is 24.3 Å².